The Bertz CT molecular complexity index is 443. The predicted molar refractivity (Wildman–Crippen MR) is 90.2 cm³/mol. The van der Waals surface area contributed by atoms with Gasteiger partial charge < -0.3 is 10.2 Å². The molecule has 1 saturated heterocycles. The third-order valence-corrected chi connectivity index (χ3v) is 3.92. The van der Waals surface area contributed by atoms with Crippen molar-refractivity contribution in [3.05, 3.63) is 11.9 Å². The van der Waals surface area contributed by atoms with Gasteiger partial charge in [-0.25, -0.2) is 9.97 Å². The molecule has 0 saturated carbocycles. The first kappa shape index (κ1) is 16.1. The summed E-state index contributed by atoms with van der Waals surface area (Å²) in [4.78, 5) is 12.0. The van der Waals surface area contributed by atoms with E-state index in [2.05, 4.69) is 49.0 Å². The van der Waals surface area contributed by atoms with Crippen LogP contribution in [0.15, 0.2) is 6.07 Å². The molecule has 0 spiro atoms. The fraction of sp³-hybridized carbons (Fsp3) is 0.765. The standard InChI is InChI=1S/C17H30N4/c1-5-18-14-13-15(20-16(19-14)17(2,3)4)21-11-9-7-6-8-10-12-21/h13H,5-12H2,1-4H3,(H,18,19,20). The van der Waals surface area contributed by atoms with Gasteiger partial charge in [0.1, 0.15) is 17.5 Å². The molecule has 0 radical (unpaired) electrons. The molecule has 118 valence electrons. The second kappa shape index (κ2) is 7.10. The maximum Gasteiger partial charge on any atom is 0.138 e. The minimum Gasteiger partial charge on any atom is -0.370 e. The van der Waals surface area contributed by atoms with Crippen molar-refractivity contribution in [3.8, 4) is 0 Å². The van der Waals surface area contributed by atoms with Crippen LogP contribution in [0.1, 0.15) is 65.6 Å². The number of hydrogen-bond acceptors (Lipinski definition) is 4. The van der Waals surface area contributed by atoms with Crippen LogP contribution in [0, 0.1) is 0 Å². The van der Waals surface area contributed by atoms with E-state index in [0.29, 0.717) is 0 Å². The lowest BCUT2D eigenvalue weighted by molar-refractivity contribution is 0.533. The van der Waals surface area contributed by atoms with Crippen molar-refractivity contribution in [3.63, 3.8) is 0 Å². The van der Waals surface area contributed by atoms with Crippen LogP contribution >= 0.6 is 0 Å². The van der Waals surface area contributed by atoms with E-state index in [0.717, 1.165) is 37.1 Å². The average Bonchev–Trinajstić information content (AvgIpc) is 2.37. The topological polar surface area (TPSA) is 41.0 Å². The lowest BCUT2D eigenvalue weighted by Crippen LogP contribution is -2.29. The maximum atomic E-state index is 4.86. The highest BCUT2D eigenvalue weighted by molar-refractivity contribution is 5.50. The average molecular weight is 290 g/mol. The lowest BCUT2D eigenvalue weighted by atomic mass is 9.95. The molecule has 4 heteroatoms. The maximum absolute atomic E-state index is 4.86. The van der Waals surface area contributed by atoms with Gasteiger partial charge in [0.25, 0.3) is 0 Å². The summed E-state index contributed by atoms with van der Waals surface area (Å²) in [6.07, 6.45) is 6.60. The summed E-state index contributed by atoms with van der Waals surface area (Å²) in [5, 5.41) is 3.35. The van der Waals surface area contributed by atoms with Gasteiger partial charge in [-0.2, -0.15) is 0 Å². The first-order valence-electron chi connectivity index (χ1n) is 8.39. The Morgan fingerprint density at radius 1 is 1.05 bits per heavy atom. The number of nitrogens with one attached hydrogen (secondary N) is 1. The van der Waals surface area contributed by atoms with Crippen molar-refractivity contribution in [1.82, 2.24) is 9.97 Å². The van der Waals surface area contributed by atoms with E-state index >= 15 is 0 Å². The van der Waals surface area contributed by atoms with Gasteiger partial charge >= 0.3 is 0 Å². The number of aromatic nitrogens is 2. The molecule has 0 aromatic carbocycles. The minimum absolute atomic E-state index is 0.0249. The van der Waals surface area contributed by atoms with Crippen molar-refractivity contribution in [2.75, 3.05) is 29.9 Å². The largest absolute Gasteiger partial charge is 0.370 e. The Labute approximate surface area is 129 Å². The molecule has 1 fully saturated rings. The van der Waals surface area contributed by atoms with E-state index in [9.17, 15) is 0 Å². The summed E-state index contributed by atoms with van der Waals surface area (Å²) >= 11 is 0. The van der Waals surface area contributed by atoms with Crippen LogP contribution < -0.4 is 10.2 Å². The van der Waals surface area contributed by atoms with Crippen LogP contribution in [-0.4, -0.2) is 29.6 Å². The molecule has 0 aliphatic carbocycles. The molecular formula is C17H30N4. The number of rotatable bonds is 3. The van der Waals surface area contributed by atoms with E-state index in [1.165, 1.54) is 32.1 Å². The molecule has 0 amide bonds. The zero-order valence-electron chi connectivity index (χ0n) is 14.1. The van der Waals surface area contributed by atoms with Crippen LogP contribution in [-0.2, 0) is 5.41 Å². The normalized spacial score (nSPS) is 17.2. The Kier molecular flexibility index (Phi) is 5.43. The van der Waals surface area contributed by atoms with Gasteiger partial charge in [0.15, 0.2) is 0 Å². The third kappa shape index (κ3) is 4.58. The van der Waals surface area contributed by atoms with Crippen LogP contribution in [0.3, 0.4) is 0 Å². The summed E-state index contributed by atoms with van der Waals surface area (Å²) in [7, 11) is 0. The molecule has 2 heterocycles. The number of hydrogen-bond donors (Lipinski definition) is 1. The minimum atomic E-state index is -0.0249. The Hall–Kier alpha value is -1.32. The highest BCUT2D eigenvalue weighted by Crippen LogP contribution is 2.25. The highest BCUT2D eigenvalue weighted by atomic mass is 15.2. The van der Waals surface area contributed by atoms with E-state index in [1.807, 2.05) is 0 Å². The van der Waals surface area contributed by atoms with E-state index in [4.69, 9.17) is 4.98 Å². The second-order valence-electron chi connectivity index (χ2n) is 6.97. The van der Waals surface area contributed by atoms with Crippen LogP contribution in [0.2, 0.25) is 0 Å². The number of anilines is 2. The summed E-state index contributed by atoms with van der Waals surface area (Å²) in [5.74, 6) is 2.97. The molecule has 1 aliphatic heterocycles. The smallest absolute Gasteiger partial charge is 0.138 e. The van der Waals surface area contributed by atoms with E-state index < -0.39 is 0 Å². The van der Waals surface area contributed by atoms with Crippen LogP contribution in [0.25, 0.3) is 0 Å². The van der Waals surface area contributed by atoms with Gasteiger partial charge in [-0.1, -0.05) is 40.0 Å². The fourth-order valence-corrected chi connectivity index (χ4v) is 2.68. The second-order valence-corrected chi connectivity index (χ2v) is 6.97. The van der Waals surface area contributed by atoms with Gasteiger partial charge in [0.05, 0.1) is 0 Å². The zero-order valence-corrected chi connectivity index (χ0v) is 14.1. The molecule has 0 atom stereocenters. The van der Waals surface area contributed by atoms with E-state index in [-0.39, 0.29) is 5.41 Å². The van der Waals surface area contributed by atoms with Gasteiger partial charge in [-0.15, -0.1) is 0 Å². The molecule has 2 rings (SSSR count). The molecule has 1 N–H and O–H groups in total. The molecule has 0 bridgehead atoms. The monoisotopic (exact) mass is 290 g/mol. The lowest BCUT2D eigenvalue weighted by Gasteiger charge is -2.28. The summed E-state index contributed by atoms with van der Waals surface area (Å²) in [6.45, 7) is 11.8. The van der Waals surface area contributed by atoms with Gasteiger partial charge in [-0.3, -0.25) is 0 Å². The Balaban J connectivity index is 2.29. The molecule has 1 aliphatic rings. The van der Waals surface area contributed by atoms with Gasteiger partial charge in [-0.05, 0) is 19.8 Å². The predicted octanol–water partition coefficient (Wildman–Crippen LogP) is 3.98. The quantitative estimate of drug-likeness (QED) is 0.914. The molecule has 0 unspecified atom stereocenters. The molecule has 21 heavy (non-hydrogen) atoms. The first-order chi connectivity index (χ1) is 10.0. The van der Waals surface area contributed by atoms with E-state index in [1.54, 1.807) is 0 Å². The van der Waals surface area contributed by atoms with Crippen molar-refractivity contribution in [2.24, 2.45) is 0 Å². The molecular weight excluding hydrogens is 260 g/mol. The first-order valence-corrected chi connectivity index (χ1v) is 8.39. The SMILES string of the molecule is CCNc1cc(N2CCCCCCC2)nc(C(C)(C)C)n1. The Morgan fingerprint density at radius 3 is 2.24 bits per heavy atom. The third-order valence-electron chi connectivity index (χ3n) is 3.92. The fourth-order valence-electron chi connectivity index (χ4n) is 2.68. The van der Waals surface area contributed by atoms with Crippen molar-refractivity contribution < 1.29 is 0 Å². The highest BCUT2D eigenvalue weighted by Gasteiger charge is 2.21. The van der Waals surface area contributed by atoms with Crippen LogP contribution in [0.5, 0.6) is 0 Å². The molecule has 1 aromatic heterocycles. The summed E-state index contributed by atoms with van der Waals surface area (Å²) in [5.41, 5.74) is -0.0249. The molecule has 4 nitrogen and oxygen atoms in total. The van der Waals surface area contributed by atoms with Crippen molar-refractivity contribution >= 4 is 11.6 Å². The van der Waals surface area contributed by atoms with Gasteiger partial charge in [0.2, 0.25) is 0 Å². The van der Waals surface area contributed by atoms with Crippen molar-refractivity contribution in [1.29, 1.82) is 0 Å². The summed E-state index contributed by atoms with van der Waals surface area (Å²) in [6, 6.07) is 2.11. The van der Waals surface area contributed by atoms with Crippen LogP contribution in [0.4, 0.5) is 11.6 Å². The number of nitrogens with zero attached hydrogens (tertiary/aromatic N) is 3. The summed E-state index contributed by atoms with van der Waals surface area (Å²) < 4.78 is 0. The zero-order chi connectivity index (χ0) is 15.3. The molecule has 1 aromatic rings. The Morgan fingerprint density at radius 2 is 1.67 bits per heavy atom. The van der Waals surface area contributed by atoms with Crippen molar-refractivity contribution in [2.45, 2.75) is 65.2 Å². The van der Waals surface area contributed by atoms with Gasteiger partial charge in [0, 0.05) is 31.1 Å².